The van der Waals surface area contributed by atoms with Gasteiger partial charge in [-0.25, -0.2) is 0 Å². The Hall–Kier alpha value is -1.51. The van der Waals surface area contributed by atoms with Crippen LogP contribution in [0.2, 0.25) is 0 Å². The van der Waals surface area contributed by atoms with Gasteiger partial charge in [0.2, 0.25) is 0 Å². The van der Waals surface area contributed by atoms with Crippen molar-refractivity contribution < 1.29 is 42.1 Å². The number of carbonyl (C=O) groups excluding carboxylic acids is 2. The van der Waals surface area contributed by atoms with Crippen molar-refractivity contribution in [1.82, 2.24) is 0 Å². The van der Waals surface area contributed by atoms with Crippen LogP contribution in [0.4, 0.5) is 0 Å². The van der Waals surface area contributed by atoms with Crippen LogP contribution in [-0.2, 0) is 32.7 Å². The average molecular weight is 744 g/mol. The van der Waals surface area contributed by atoms with Crippen LogP contribution in [0.25, 0.3) is 0 Å². The van der Waals surface area contributed by atoms with Gasteiger partial charge >= 0.3 is 11.9 Å². The van der Waals surface area contributed by atoms with Gasteiger partial charge in [-0.05, 0) is 64.2 Å². The van der Waals surface area contributed by atoms with Gasteiger partial charge in [0, 0.05) is 12.8 Å². The van der Waals surface area contributed by atoms with Gasteiger partial charge in [-0.2, -0.15) is 0 Å². The summed E-state index contributed by atoms with van der Waals surface area (Å²) in [4.78, 5) is 37.4. The molecule has 0 saturated heterocycles. The number of phosphoric ester groups is 1. The Labute approximate surface area is 313 Å². The molecule has 0 aliphatic rings. The standard InChI is InChI=1S/C41H78NO8P/c1-6-8-10-12-14-16-18-20-22-24-26-28-30-32-34-41(44)50-39(38-49-51(45,46)48-36-35-42(3,4)5)37-47-40(43)33-31-29-27-25-23-21-19-17-15-13-11-9-7-2/h17-20,39H,6-16,21-38H2,1-5H3/b19-17-,20-18-. The number of nitrogens with zero attached hydrogens (tertiary/aromatic N) is 1. The van der Waals surface area contributed by atoms with E-state index < -0.39 is 32.5 Å². The quantitative estimate of drug-likeness (QED) is 0.0203. The van der Waals surface area contributed by atoms with E-state index in [9.17, 15) is 19.0 Å². The summed E-state index contributed by atoms with van der Waals surface area (Å²) in [6.45, 7) is 4.17. The second-order valence-electron chi connectivity index (χ2n) is 15.0. The number of hydrogen-bond acceptors (Lipinski definition) is 8. The van der Waals surface area contributed by atoms with Crippen LogP contribution in [0.3, 0.4) is 0 Å². The smallest absolute Gasteiger partial charge is 0.306 e. The number of quaternary nitrogens is 1. The van der Waals surface area contributed by atoms with Gasteiger partial charge in [0.15, 0.2) is 6.10 Å². The summed E-state index contributed by atoms with van der Waals surface area (Å²) >= 11 is 0. The Kier molecular flexibility index (Phi) is 33.3. The number of phosphoric acid groups is 1. The van der Waals surface area contributed by atoms with E-state index >= 15 is 0 Å². The molecule has 0 fully saturated rings. The minimum absolute atomic E-state index is 0.0328. The van der Waals surface area contributed by atoms with Gasteiger partial charge in [-0.1, -0.05) is 122 Å². The van der Waals surface area contributed by atoms with Gasteiger partial charge in [-0.3, -0.25) is 14.2 Å². The van der Waals surface area contributed by atoms with E-state index in [4.69, 9.17) is 18.5 Å². The lowest BCUT2D eigenvalue weighted by Crippen LogP contribution is -2.37. The van der Waals surface area contributed by atoms with Crippen molar-refractivity contribution in [2.24, 2.45) is 0 Å². The Morgan fingerprint density at radius 2 is 1.00 bits per heavy atom. The number of allylic oxidation sites excluding steroid dienone is 4. The average Bonchev–Trinajstić information content (AvgIpc) is 3.07. The van der Waals surface area contributed by atoms with E-state index in [1.165, 1.54) is 70.6 Å². The molecule has 51 heavy (non-hydrogen) atoms. The molecule has 0 saturated carbocycles. The fraction of sp³-hybridized carbons (Fsp3) is 0.854. The van der Waals surface area contributed by atoms with Crippen molar-refractivity contribution in [2.75, 3.05) is 47.5 Å². The molecule has 0 amide bonds. The molecule has 0 rings (SSSR count). The van der Waals surface area contributed by atoms with Crippen LogP contribution in [0.1, 0.15) is 174 Å². The second-order valence-corrected chi connectivity index (χ2v) is 16.4. The van der Waals surface area contributed by atoms with Gasteiger partial charge in [0.1, 0.15) is 19.8 Å². The third-order valence-corrected chi connectivity index (χ3v) is 9.66. The maximum absolute atomic E-state index is 12.6. The zero-order chi connectivity index (χ0) is 37.9. The number of carbonyl (C=O) groups is 2. The zero-order valence-corrected chi connectivity index (χ0v) is 34.4. The molecule has 0 spiro atoms. The highest BCUT2D eigenvalue weighted by molar-refractivity contribution is 7.45. The minimum Gasteiger partial charge on any atom is -0.756 e. The zero-order valence-electron chi connectivity index (χ0n) is 33.6. The van der Waals surface area contributed by atoms with Crippen molar-refractivity contribution in [3.8, 4) is 0 Å². The van der Waals surface area contributed by atoms with Crippen molar-refractivity contribution in [1.29, 1.82) is 0 Å². The van der Waals surface area contributed by atoms with E-state index in [1.807, 2.05) is 21.1 Å². The predicted octanol–water partition coefficient (Wildman–Crippen LogP) is 10.6. The lowest BCUT2D eigenvalue weighted by atomic mass is 10.1. The Morgan fingerprint density at radius 3 is 1.47 bits per heavy atom. The van der Waals surface area contributed by atoms with Crippen molar-refractivity contribution >= 4 is 19.8 Å². The summed E-state index contributed by atoms with van der Waals surface area (Å²) in [6.07, 6.45) is 34.8. The molecular weight excluding hydrogens is 665 g/mol. The first-order chi connectivity index (χ1) is 24.5. The summed E-state index contributed by atoms with van der Waals surface area (Å²) in [5.74, 6) is -0.854. The Balaban J connectivity index is 4.43. The molecule has 2 unspecified atom stereocenters. The summed E-state index contributed by atoms with van der Waals surface area (Å²) in [5.41, 5.74) is 0. The fourth-order valence-electron chi connectivity index (χ4n) is 5.41. The molecule has 0 bridgehead atoms. The first-order valence-corrected chi connectivity index (χ1v) is 22.0. The van der Waals surface area contributed by atoms with Crippen molar-refractivity contribution in [3.05, 3.63) is 24.3 Å². The third-order valence-electron chi connectivity index (χ3n) is 8.69. The maximum atomic E-state index is 12.6. The van der Waals surface area contributed by atoms with Crippen LogP contribution in [0.5, 0.6) is 0 Å². The van der Waals surface area contributed by atoms with Gasteiger partial charge in [-0.15, -0.1) is 0 Å². The molecular formula is C41H78NO8P. The van der Waals surface area contributed by atoms with E-state index in [0.29, 0.717) is 17.4 Å². The van der Waals surface area contributed by atoms with E-state index in [1.54, 1.807) is 0 Å². The number of rotatable bonds is 37. The topological polar surface area (TPSA) is 111 Å². The van der Waals surface area contributed by atoms with Crippen molar-refractivity contribution in [2.45, 2.75) is 180 Å². The minimum atomic E-state index is -4.62. The highest BCUT2D eigenvalue weighted by atomic mass is 31.2. The lowest BCUT2D eigenvalue weighted by molar-refractivity contribution is -0.870. The highest BCUT2D eigenvalue weighted by Crippen LogP contribution is 2.38. The molecule has 0 aromatic rings. The molecule has 9 nitrogen and oxygen atoms in total. The molecule has 0 N–H and O–H groups in total. The molecule has 0 heterocycles. The molecule has 0 aromatic carbocycles. The molecule has 0 aliphatic heterocycles. The van der Waals surface area contributed by atoms with Crippen molar-refractivity contribution in [3.63, 3.8) is 0 Å². The molecule has 0 radical (unpaired) electrons. The first kappa shape index (κ1) is 49.5. The summed E-state index contributed by atoms with van der Waals surface area (Å²) in [6, 6.07) is 0. The van der Waals surface area contributed by atoms with Gasteiger partial charge < -0.3 is 27.9 Å². The van der Waals surface area contributed by atoms with Crippen LogP contribution < -0.4 is 4.89 Å². The van der Waals surface area contributed by atoms with E-state index in [-0.39, 0.29) is 26.1 Å². The van der Waals surface area contributed by atoms with Gasteiger partial charge in [0.25, 0.3) is 7.82 Å². The Bertz CT molecular complexity index is 933. The summed E-state index contributed by atoms with van der Waals surface area (Å²) in [7, 11) is 1.16. The van der Waals surface area contributed by atoms with Crippen LogP contribution in [0, 0.1) is 0 Å². The first-order valence-electron chi connectivity index (χ1n) is 20.5. The number of hydrogen-bond donors (Lipinski definition) is 0. The summed E-state index contributed by atoms with van der Waals surface area (Å²) < 4.78 is 33.8. The predicted molar refractivity (Wildman–Crippen MR) is 208 cm³/mol. The number of ether oxygens (including phenoxy) is 2. The second kappa shape index (κ2) is 34.3. The SMILES string of the molecule is CCCCCC/C=C\CCCCCCCC(=O)OCC(COP(=O)([O-])OCC[N+](C)(C)C)OC(=O)CCCCCCC/C=C\CCCCCCC. The molecule has 0 aromatic heterocycles. The van der Waals surface area contributed by atoms with E-state index in [0.717, 1.165) is 70.6 Å². The monoisotopic (exact) mass is 744 g/mol. The molecule has 0 aliphatic carbocycles. The van der Waals surface area contributed by atoms with E-state index in [2.05, 4.69) is 38.2 Å². The Morgan fingerprint density at radius 1 is 0.588 bits per heavy atom. The van der Waals surface area contributed by atoms with Gasteiger partial charge in [0.05, 0.1) is 27.7 Å². The normalized spacial score (nSPS) is 13.9. The molecule has 10 heteroatoms. The number of unbranched alkanes of at least 4 members (excludes halogenated alkanes) is 19. The number of esters is 2. The molecule has 300 valence electrons. The maximum Gasteiger partial charge on any atom is 0.306 e. The number of likely N-dealkylation sites (N-methyl/N-ethyl adjacent to an activating group) is 1. The van der Waals surface area contributed by atoms with Crippen LogP contribution in [0.15, 0.2) is 24.3 Å². The lowest BCUT2D eigenvalue weighted by Gasteiger charge is -2.28. The van der Waals surface area contributed by atoms with Crippen LogP contribution >= 0.6 is 7.82 Å². The fourth-order valence-corrected chi connectivity index (χ4v) is 6.14. The molecule has 2 atom stereocenters. The summed E-state index contributed by atoms with van der Waals surface area (Å²) in [5, 5.41) is 0. The highest BCUT2D eigenvalue weighted by Gasteiger charge is 2.21. The largest absolute Gasteiger partial charge is 0.756 e. The van der Waals surface area contributed by atoms with Crippen LogP contribution in [-0.4, -0.2) is 70.0 Å². The third kappa shape index (κ3) is 38.0.